The van der Waals surface area contributed by atoms with E-state index in [0.717, 1.165) is 16.9 Å². The molecule has 0 saturated carbocycles. The number of halogens is 2. The van der Waals surface area contributed by atoms with Gasteiger partial charge in [0.2, 0.25) is 5.91 Å². The second-order valence-electron chi connectivity index (χ2n) is 8.28. The monoisotopic (exact) mass is 503 g/mol. The second kappa shape index (κ2) is 10.2. The standard InChI is InChI=1S/C24H27Cl2N5O3/c1-15-10-17(6-7-27-15)24-23(26)16(2)31(28-24)13-22(33)30-9-8-29(12-19(30)14-32)18-4-5-20(25)21(11-18)34-3/h4-7,10-11,19,32H,8-9,12-14H2,1-3H3/t19-/m1/s1. The number of ether oxygens (including phenoxy) is 1. The van der Waals surface area contributed by atoms with Crippen LogP contribution in [0.4, 0.5) is 5.69 Å². The molecule has 2 aromatic heterocycles. The Balaban J connectivity index is 1.49. The molecule has 1 aliphatic rings. The van der Waals surface area contributed by atoms with Crippen molar-refractivity contribution in [2.24, 2.45) is 0 Å². The van der Waals surface area contributed by atoms with E-state index in [4.69, 9.17) is 27.9 Å². The Morgan fingerprint density at radius 2 is 2.00 bits per heavy atom. The maximum absolute atomic E-state index is 13.2. The van der Waals surface area contributed by atoms with E-state index >= 15 is 0 Å². The van der Waals surface area contributed by atoms with Crippen molar-refractivity contribution in [2.45, 2.75) is 26.4 Å². The number of anilines is 1. The van der Waals surface area contributed by atoms with Crippen molar-refractivity contribution in [3.8, 4) is 17.0 Å². The molecule has 0 aliphatic carbocycles. The van der Waals surface area contributed by atoms with Crippen molar-refractivity contribution >= 4 is 34.8 Å². The molecule has 180 valence electrons. The number of aliphatic hydroxyl groups excluding tert-OH is 1. The van der Waals surface area contributed by atoms with Crippen LogP contribution >= 0.6 is 23.2 Å². The Kier molecular flexibility index (Phi) is 7.30. The fraction of sp³-hybridized carbons (Fsp3) is 0.375. The summed E-state index contributed by atoms with van der Waals surface area (Å²) in [5.74, 6) is 0.469. The lowest BCUT2D eigenvalue weighted by molar-refractivity contribution is -0.135. The fourth-order valence-electron chi connectivity index (χ4n) is 4.19. The van der Waals surface area contributed by atoms with E-state index in [2.05, 4.69) is 15.0 Å². The van der Waals surface area contributed by atoms with Gasteiger partial charge in [-0.05, 0) is 38.1 Å². The van der Waals surface area contributed by atoms with Gasteiger partial charge in [0.25, 0.3) is 0 Å². The number of piperazine rings is 1. The molecule has 3 aromatic rings. The number of amides is 1. The summed E-state index contributed by atoms with van der Waals surface area (Å²) >= 11 is 12.7. The van der Waals surface area contributed by atoms with Crippen molar-refractivity contribution in [3.63, 3.8) is 0 Å². The van der Waals surface area contributed by atoms with Gasteiger partial charge in [-0.15, -0.1) is 0 Å². The van der Waals surface area contributed by atoms with Crippen LogP contribution in [-0.4, -0.2) is 70.1 Å². The van der Waals surface area contributed by atoms with E-state index in [1.165, 1.54) is 0 Å². The number of carbonyl (C=O) groups excluding carboxylic acids is 1. The summed E-state index contributed by atoms with van der Waals surface area (Å²) in [6.07, 6.45) is 1.71. The molecule has 1 N–H and O–H groups in total. The molecule has 0 radical (unpaired) electrons. The van der Waals surface area contributed by atoms with Crippen LogP contribution in [0, 0.1) is 13.8 Å². The van der Waals surface area contributed by atoms with Gasteiger partial charge in [0, 0.05) is 48.8 Å². The normalized spacial score (nSPS) is 16.1. The average molecular weight is 504 g/mol. The molecule has 1 saturated heterocycles. The van der Waals surface area contributed by atoms with E-state index in [1.54, 1.807) is 29.0 Å². The van der Waals surface area contributed by atoms with Crippen LogP contribution < -0.4 is 9.64 Å². The van der Waals surface area contributed by atoms with Gasteiger partial charge in [0.15, 0.2) is 0 Å². The minimum absolute atomic E-state index is 0.0425. The molecule has 10 heteroatoms. The van der Waals surface area contributed by atoms with Crippen molar-refractivity contribution in [3.05, 3.63) is 58.0 Å². The van der Waals surface area contributed by atoms with Gasteiger partial charge in [0.1, 0.15) is 18.0 Å². The Morgan fingerprint density at radius 1 is 1.21 bits per heavy atom. The zero-order valence-electron chi connectivity index (χ0n) is 19.3. The van der Waals surface area contributed by atoms with Crippen LogP contribution in [0.1, 0.15) is 11.4 Å². The molecule has 1 aromatic carbocycles. The van der Waals surface area contributed by atoms with Crippen molar-refractivity contribution in [1.82, 2.24) is 19.7 Å². The molecular formula is C24H27Cl2N5O3. The minimum atomic E-state index is -0.350. The number of hydrogen-bond acceptors (Lipinski definition) is 6. The van der Waals surface area contributed by atoms with Crippen LogP contribution in [0.5, 0.6) is 5.75 Å². The molecule has 34 heavy (non-hydrogen) atoms. The summed E-state index contributed by atoms with van der Waals surface area (Å²) in [5, 5.41) is 15.7. The quantitative estimate of drug-likeness (QED) is 0.553. The van der Waals surface area contributed by atoms with Gasteiger partial charge in [0.05, 0.1) is 35.5 Å². The SMILES string of the molecule is COc1cc(N2CCN(C(=O)Cn3nc(-c4ccnc(C)c4)c(Cl)c3C)[C@@H](CO)C2)ccc1Cl. The third-order valence-electron chi connectivity index (χ3n) is 6.10. The topological polar surface area (TPSA) is 83.7 Å². The van der Waals surface area contributed by atoms with Crippen LogP contribution in [0.2, 0.25) is 10.0 Å². The highest BCUT2D eigenvalue weighted by Gasteiger charge is 2.31. The van der Waals surface area contributed by atoms with Gasteiger partial charge >= 0.3 is 0 Å². The summed E-state index contributed by atoms with van der Waals surface area (Å²) in [6.45, 7) is 5.23. The lowest BCUT2D eigenvalue weighted by Crippen LogP contribution is -2.57. The number of rotatable bonds is 6. The average Bonchev–Trinajstić information content (AvgIpc) is 3.12. The molecular weight excluding hydrogens is 477 g/mol. The molecule has 1 aliphatic heterocycles. The minimum Gasteiger partial charge on any atom is -0.495 e. The van der Waals surface area contributed by atoms with Crippen molar-refractivity contribution in [2.75, 3.05) is 38.3 Å². The van der Waals surface area contributed by atoms with E-state index < -0.39 is 0 Å². The first kappa shape index (κ1) is 24.3. The van der Waals surface area contributed by atoms with Crippen LogP contribution in [0.25, 0.3) is 11.3 Å². The lowest BCUT2D eigenvalue weighted by atomic mass is 10.1. The predicted molar refractivity (Wildman–Crippen MR) is 133 cm³/mol. The van der Waals surface area contributed by atoms with E-state index in [1.807, 2.05) is 38.1 Å². The molecule has 0 bridgehead atoms. The van der Waals surface area contributed by atoms with Crippen LogP contribution in [-0.2, 0) is 11.3 Å². The highest BCUT2D eigenvalue weighted by atomic mass is 35.5. The fourth-order valence-corrected chi connectivity index (χ4v) is 4.63. The number of aliphatic hydroxyl groups is 1. The second-order valence-corrected chi connectivity index (χ2v) is 9.07. The zero-order chi connectivity index (χ0) is 24.4. The molecule has 1 atom stereocenters. The smallest absolute Gasteiger partial charge is 0.244 e. The summed E-state index contributed by atoms with van der Waals surface area (Å²) in [6, 6.07) is 8.97. The highest BCUT2D eigenvalue weighted by Crippen LogP contribution is 2.31. The highest BCUT2D eigenvalue weighted by molar-refractivity contribution is 6.33. The van der Waals surface area contributed by atoms with Gasteiger partial charge in [-0.1, -0.05) is 23.2 Å². The molecule has 0 unspecified atom stereocenters. The maximum atomic E-state index is 13.2. The molecule has 3 heterocycles. The van der Waals surface area contributed by atoms with Gasteiger partial charge in [-0.2, -0.15) is 5.10 Å². The number of aromatic nitrogens is 3. The summed E-state index contributed by atoms with van der Waals surface area (Å²) < 4.78 is 6.95. The lowest BCUT2D eigenvalue weighted by Gasteiger charge is -2.41. The first-order valence-electron chi connectivity index (χ1n) is 11.0. The van der Waals surface area contributed by atoms with Crippen molar-refractivity contribution < 1.29 is 14.6 Å². The molecule has 1 amide bonds. The Morgan fingerprint density at radius 3 is 2.71 bits per heavy atom. The number of hydrogen-bond donors (Lipinski definition) is 1. The number of benzene rings is 1. The van der Waals surface area contributed by atoms with E-state index in [-0.39, 0.29) is 25.1 Å². The predicted octanol–water partition coefficient (Wildman–Crippen LogP) is 3.59. The number of nitrogens with zero attached hydrogens (tertiary/aromatic N) is 5. The Bertz CT molecular complexity index is 1200. The Hall–Kier alpha value is -2.81. The maximum Gasteiger partial charge on any atom is 0.244 e. The summed E-state index contributed by atoms with van der Waals surface area (Å²) in [4.78, 5) is 21.3. The first-order chi connectivity index (χ1) is 16.3. The molecule has 8 nitrogen and oxygen atoms in total. The molecule has 0 spiro atoms. The first-order valence-corrected chi connectivity index (χ1v) is 11.7. The van der Waals surface area contributed by atoms with Crippen LogP contribution in [0.3, 0.4) is 0 Å². The largest absolute Gasteiger partial charge is 0.495 e. The number of methoxy groups -OCH3 is 1. The number of pyridine rings is 1. The van der Waals surface area contributed by atoms with E-state index in [0.29, 0.717) is 46.8 Å². The van der Waals surface area contributed by atoms with Crippen molar-refractivity contribution in [1.29, 1.82) is 0 Å². The Labute approximate surface area is 208 Å². The van der Waals surface area contributed by atoms with Gasteiger partial charge in [-0.25, -0.2) is 0 Å². The van der Waals surface area contributed by atoms with Gasteiger partial charge < -0.3 is 19.6 Å². The molecule has 1 fully saturated rings. The third kappa shape index (κ3) is 4.85. The molecule has 4 rings (SSSR count). The van der Waals surface area contributed by atoms with E-state index in [9.17, 15) is 9.90 Å². The van der Waals surface area contributed by atoms with Crippen LogP contribution in [0.15, 0.2) is 36.5 Å². The zero-order valence-corrected chi connectivity index (χ0v) is 20.8. The third-order valence-corrected chi connectivity index (χ3v) is 6.87. The summed E-state index contributed by atoms with van der Waals surface area (Å²) in [7, 11) is 1.57. The van der Waals surface area contributed by atoms with Gasteiger partial charge in [-0.3, -0.25) is 14.5 Å². The summed E-state index contributed by atoms with van der Waals surface area (Å²) in [5.41, 5.74) is 3.98. The number of aryl methyl sites for hydroxylation is 1. The number of carbonyl (C=O) groups is 1.